The van der Waals surface area contributed by atoms with Crippen LogP contribution in [-0.4, -0.2) is 49.3 Å². The van der Waals surface area contributed by atoms with Crippen LogP contribution in [0.3, 0.4) is 0 Å². The monoisotopic (exact) mass is 472 g/mol. The fourth-order valence-corrected chi connectivity index (χ4v) is 3.09. The predicted molar refractivity (Wildman–Crippen MR) is 124 cm³/mol. The first-order valence-electron chi connectivity index (χ1n) is 12.5. The van der Waals surface area contributed by atoms with Gasteiger partial charge in [0.05, 0.1) is 32.7 Å². The van der Waals surface area contributed by atoms with Gasteiger partial charge in [-0.25, -0.2) is 4.79 Å². The third-order valence-corrected chi connectivity index (χ3v) is 5.00. The molecule has 192 valence electrons. The van der Waals surface area contributed by atoms with Gasteiger partial charge in [0.25, 0.3) is 0 Å². The van der Waals surface area contributed by atoms with Crippen molar-refractivity contribution < 1.29 is 38.1 Å². The van der Waals surface area contributed by atoms with Gasteiger partial charge in [0.2, 0.25) is 5.60 Å². The number of ether oxygens (including phenoxy) is 4. The molecule has 0 unspecified atom stereocenters. The maximum absolute atomic E-state index is 13.1. The van der Waals surface area contributed by atoms with Crippen LogP contribution in [0, 0.1) is 0 Å². The molecule has 0 saturated carbocycles. The van der Waals surface area contributed by atoms with Crippen LogP contribution in [0.4, 0.5) is 0 Å². The molecule has 0 aromatic rings. The van der Waals surface area contributed by atoms with Gasteiger partial charge in [0, 0.05) is 6.42 Å². The molecule has 0 fully saturated rings. The SMILES string of the molecule is CCCCCOC(=O)CC(CC(=O)OCCCCC)(OC(=O)CCC)C(=O)OCCCCC. The molecule has 0 aromatic carbocycles. The topological polar surface area (TPSA) is 105 Å². The van der Waals surface area contributed by atoms with E-state index in [-0.39, 0.29) is 26.2 Å². The van der Waals surface area contributed by atoms with Gasteiger partial charge >= 0.3 is 23.9 Å². The number of esters is 4. The Labute approximate surface area is 199 Å². The second-order valence-corrected chi connectivity index (χ2v) is 8.27. The Morgan fingerprint density at radius 1 is 0.545 bits per heavy atom. The van der Waals surface area contributed by atoms with E-state index in [1.807, 2.05) is 20.8 Å². The second-order valence-electron chi connectivity index (χ2n) is 8.27. The van der Waals surface area contributed by atoms with E-state index in [0.717, 1.165) is 38.5 Å². The highest BCUT2D eigenvalue weighted by Crippen LogP contribution is 2.26. The van der Waals surface area contributed by atoms with Gasteiger partial charge in [-0.2, -0.15) is 0 Å². The number of hydrogen-bond acceptors (Lipinski definition) is 8. The highest BCUT2D eigenvalue weighted by Gasteiger charge is 2.49. The molecule has 8 nitrogen and oxygen atoms in total. The normalized spacial score (nSPS) is 11.0. The summed E-state index contributed by atoms with van der Waals surface area (Å²) >= 11 is 0. The standard InChI is InChI=1S/C25H44O8/c1-5-9-12-16-30-22(27)19-25(33-21(26)15-8-4,24(29)32-18-14-11-7-3)20-23(28)31-17-13-10-6-2/h5-20H2,1-4H3. The van der Waals surface area contributed by atoms with Crippen molar-refractivity contribution in [2.45, 2.75) is 117 Å². The molecule has 0 N–H and O–H groups in total. The minimum Gasteiger partial charge on any atom is -0.466 e. The maximum Gasteiger partial charge on any atom is 0.351 e. The molecule has 0 rings (SSSR count). The van der Waals surface area contributed by atoms with Gasteiger partial charge in [-0.3, -0.25) is 14.4 Å². The molecule has 0 amide bonds. The maximum atomic E-state index is 13.1. The Morgan fingerprint density at radius 2 is 0.970 bits per heavy atom. The first-order valence-corrected chi connectivity index (χ1v) is 12.5. The minimum atomic E-state index is -2.10. The zero-order valence-corrected chi connectivity index (χ0v) is 21.1. The van der Waals surface area contributed by atoms with Crippen LogP contribution >= 0.6 is 0 Å². The molecule has 0 atom stereocenters. The van der Waals surface area contributed by atoms with Crippen LogP contribution in [0.15, 0.2) is 0 Å². The van der Waals surface area contributed by atoms with Crippen molar-refractivity contribution in [3.05, 3.63) is 0 Å². The molecule has 0 heterocycles. The van der Waals surface area contributed by atoms with Crippen molar-refractivity contribution in [2.75, 3.05) is 19.8 Å². The molecular formula is C25H44O8. The van der Waals surface area contributed by atoms with Gasteiger partial charge in [0.15, 0.2) is 0 Å². The highest BCUT2D eigenvalue weighted by atomic mass is 16.6. The van der Waals surface area contributed by atoms with E-state index in [4.69, 9.17) is 18.9 Å². The third kappa shape index (κ3) is 14.6. The van der Waals surface area contributed by atoms with Gasteiger partial charge in [-0.15, -0.1) is 0 Å². The van der Waals surface area contributed by atoms with Crippen LogP contribution in [-0.2, 0) is 38.1 Å². The molecule has 0 spiro atoms. The molecule has 0 radical (unpaired) electrons. The first-order chi connectivity index (χ1) is 15.8. The minimum absolute atomic E-state index is 0.0436. The lowest BCUT2D eigenvalue weighted by Gasteiger charge is -2.30. The molecule has 0 saturated heterocycles. The molecule has 0 aromatic heterocycles. The van der Waals surface area contributed by atoms with Gasteiger partial charge in [-0.1, -0.05) is 66.2 Å². The Hall–Kier alpha value is -2.12. The average molecular weight is 473 g/mol. The Bertz CT molecular complexity index is 547. The van der Waals surface area contributed by atoms with Gasteiger partial charge < -0.3 is 18.9 Å². The van der Waals surface area contributed by atoms with Crippen molar-refractivity contribution in [3.8, 4) is 0 Å². The van der Waals surface area contributed by atoms with E-state index < -0.39 is 42.3 Å². The van der Waals surface area contributed by atoms with Crippen molar-refractivity contribution in [3.63, 3.8) is 0 Å². The molecule has 0 aliphatic carbocycles. The molecular weight excluding hydrogens is 428 g/mol. The Morgan fingerprint density at radius 3 is 1.36 bits per heavy atom. The average Bonchev–Trinajstić information content (AvgIpc) is 2.77. The lowest BCUT2D eigenvalue weighted by Crippen LogP contribution is -2.48. The summed E-state index contributed by atoms with van der Waals surface area (Å²) in [6.45, 7) is 8.35. The summed E-state index contributed by atoms with van der Waals surface area (Å²) in [6, 6.07) is 0. The summed E-state index contributed by atoms with van der Waals surface area (Å²) in [4.78, 5) is 50.5. The Kier molecular flexibility index (Phi) is 18.1. The molecule has 0 aliphatic rings. The number of rotatable bonds is 20. The predicted octanol–water partition coefficient (Wildman–Crippen LogP) is 5.05. The number of carbonyl (C=O) groups excluding carboxylic acids is 4. The number of unbranched alkanes of at least 4 members (excludes halogenated alkanes) is 6. The zero-order valence-electron chi connectivity index (χ0n) is 21.1. The summed E-state index contributed by atoms with van der Waals surface area (Å²) in [5.41, 5.74) is -2.10. The molecule has 0 bridgehead atoms. The first kappa shape index (κ1) is 30.9. The van der Waals surface area contributed by atoms with Crippen molar-refractivity contribution >= 4 is 23.9 Å². The van der Waals surface area contributed by atoms with E-state index in [0.29, 0.717) is 25.7 Å². The van der Waals surface area contributed by atoms with E-state index in [1.54, 1.807) is 6.92 Å². The lowest BCUT2D eigenvalue weighted by molar-refractivity contribution is -0.191. The quantitative estimate of drug-likeness (QED) is 0.138. The zero-order chi connectivity index (χ0) is 25.0. The fraction of sp³-hybridized carbons (Fsp3) is 0.840. The van der Waals surface area contributed by atoms with E-state index >= 15 is 0 Å². The van der Waals surface area contributed by atoms with E-state index in [1.165, 1.54) is 0 Å². The summed E-state index contributed by atoms with van der Waals surface area (Å²) in [6.07, 6.45) is 6.86. The summed E-state index contributed by atoms with van der Waals surface area (Å²) < 4.78 is 21.3. The van der Waals surface area contributed by atoms with Crippen LogP contribution in [0.25, 0.3) is 0 Å². The van der Waals surface area contributed by atoms with E-state index in [9.17, 15) is 19.2 Å². The van der Waals surface area contributed by atoms with Crippen molar-refractivity contribution in [1.29, 1.82) is 0 Å². The van der Waals surface area contributed by atoms with Gasteiger partial charge in [-0.05, 0) is 25.7 Å². The number of hydrogen-bond donors (Lipinski definition) is 0. The van der Waals surface area contributed by atoms with E-state index in [2.05, 4.69) is 0 Å². The fourth-order valence-electron chi connectivity index (χ4n) is 3.09. The second kappa shape index (κ2) is 19.4. The van der Waals surface area contributed by atoms with Crippen LogP contribution in [0.2, 0.25) is 0 Å². The van der Waals surface area contributed by atoms with Crippen LogP contribution in [0.1, 0.15) is 111 Å². The summed E-state index contributed by atoms with van der Waals surface area (Å²) in [7, 11) is 0. The summed E-state index contributed by atoms with van der Waals surface area (Å²) in [5, 5.41) is 0. The molecule has 33 heavy (non-hydrogen) atoms. The number of carbonyl (C=O) groups is 4. The van der Waals surface area contributed by atoms with Gasteiger partial charge in [0.1, 0.15) is 0 Å². The molecule has 8 heteroatoms. The highest BCUT2D eigenvalue weighted by molar-refractivity contribution is 5.92. The largest absolute Gasteiger partial charge is 0.466 e. The van der Waals surface area contributed by atoms with Crippen LogP contribution in [0.5, 0.6) is 0 Å². The molecule has 0 aliphatic heterocycles. The van der Waals surface area contributed by atoms with Crippen molar-refractivity contribution in [2.24, 2.45) is 0 Å². The van der Waals surface area contributed by atoms with Crippen molar-refractivity contribution in [1.82, 2.24) is 0 Å². The smallest absolute Gasteiger partial charge is 0.351 e. The van der Waals surface area contributed by atoms with Crippen LogP contribution < -0.4 is 0 Å². The Balaban J connectivity index is 5.56. The third-order valence-electron chi connectivity index (χ3n) is 5.00. The summed E-state index contributed by atoms with van der Waals surface area (Å²) in [5.74, 6) is -3.04. The lowest BCUT2D eigenvalue weighted by atomic mass is 9.94.